The highest BCUT2D eigenvalue weighted by molar-refractivity contribution is 5.87. The number of rotatable bonds is 3. The maximum atomic E-state index is 11.9. The summed E-state index contributed by atoms with van der Waals surface area (Å²) in [7, 11) is 1.36. The number of carbonyl (C=O) groups is 1. The van der Waals surface area contributed by atoms with Gasteiger partial charge in [-0.15, -0.1) is 0 Å². The van der Waals surface area contributed by atoms with Gasteiger partial charge >= 0.3 is 5.97 Å². The van der Waals surface area contributed by atoms with Gasteiger partial charge in [-0.2, -0.15) is 0 Å². The monoisotopic (exact) mass is 376 g/mol. The molecule has 1 aromatic heterocycles. The number of fused-ring (bicyclic) bond motifs is 1. The van der Waals surface area contributed by atoms with Gasteiger partial charge in [0, 0.05) is 37.9 Å². The molecule has 148 valence electrons. The molecule has 4 atom stereocenters. The molecule has 0 unspecified atom stereocenters. The van der Waals surface area contributed by atoms with Crippen LogP contribution in [0.15, 0.2) is 6.07 Å². The van der Waals surface area contributed by atoms with E-state index in [1.54, 1.807) is 6.07 Å². The number of morpholine rings is 1. The van der Waals surface area contributed by atoms with Gasteiger partial charge in [-0.05, 0) is 37.7 Å². The second-order valence-corrected chi connectivity index (χ2v) is 7.87. The normalized spacial score (nSPS) is 31.6. The van der Waals surface area contributed by atoms with Crippen LogP contribution in [-0.2, 0) is 9.47 Å². The third-order valence-electron chi connectivity index (χ3n) is 6.14. The van der Waals surface area contributed by atoms with Crippen LogP contribution in [0.25, 0.3) is 0 Å². The Bertz CT molecular complexity index is 694. The van der Waals surface area contributed by atoms with Crippen molar-refractivity contribution < 1.29 is 19.4 Å². The van der Waals surface area contributed by atoms with E-state index in [9.17, 15) is 9.90 Å². The number of aliphatic hydroxyl groups excluding tert-OH is 1. The Morgan fingerprint density at radius 3 is 2.63 bits per heavy atom. The fourth-order valence-electron chi connectivity index (χ4n) is 4.78. The molecule has 3 aliphatic rings. The second-order valence-electron chi connectivity index (χ2n) is 7.87. The Kier molecular flexibility index (Phi) is 5.29. The number of ether oxygens (including phenoxy) is 2. The molecule has 0 aromatic carbocycles. The van der Waals surface area contributed by atoms with Crippen LogP contribution in [0.3, 0.4) is 0 Å². The Morgan fingerprint density at radius 1 is 1.22 bits per heavy atom. The van der Waals surface area contributed by atoms with Gasteiger partial charge in [-0.1, -0.05) is 0 Å². The number of aliphatic hydroxyl groups is 1. The third kappa shape index (κ3) is 3.79. The lowest BCUT2D eigenvalue weighted by atomic mass is 9.77. The van der Waals surface area contributed by atoms with Gasteiger partial charge in [0.25, 0.3) is 0 Å². The first-order chi connectivity index (χ1) is 13.0. The minimum atomic E-state index is -0.443. The highest BCUT2D eigenvalue weighted by atomic mass is 16.5. The fraction of sp³-hybridized carbons (Fsp3) is 0.737. The molecule has 2 saturated heterocycles. The largest absolute Gasteiger partial charge is 0.464 e. The number of hydrogen-bond acceptors (Lipinski definition) is 8. The molecular formula is C19H28N4O4. The molecule has 2 aliphatic heterocycles. The van der Waals surface area contributed by atoms with Crippen molar-refractivity contribution >= 4 is 11.9 Å². The summed E-state index contributed by atoms with van der Waals surface area (Å²) in [5, 5.41) is 10.7. The van der Waals surface area contributed by atoms with Crippen molar-refractivity contribution in [2.24, 2.45) is 11.8 Å². The Balaban J connectivity index is 1.48. The van der Waals surface area contributed by atoms with Crippen LogP contribution in [0, 0.1) is 18.8 Å². The van der Waals surface area contributed by atoms with Crippen molar-refractivity contribution in [1.82, 2.24) is 14.9 Å². The van der Waals surface area contributed by atoms with Crippen molar-refractivity contribution in [1.29, 1.82) is 0 Å². The van der Waals surface area contributed by atoms with E-state index in [2.05, 4.69) is 19.8 Å². The zero-order chi connectivity index (χ0) is 19.0. The summed E-state index contributed by atoms with van der Waals surface area (Å²) in [5.41, 5.74) is 1.04. The average Bonchev–Trinajstić information content (AvgIpc) is 3.09. The lowest BCUT2D eigenvalue weighted by Gasteiger charge is -2.43. The maximum absolute atomic E-state index is 11.9. The number of carbonyl (C=O) groups excluding carboxylic acids is 1. The van der Waals surface area contributed by atoms with E-state index in [1.165, 1.54) is 7.11 Å². The first kappa shape index (κ1) is 18.6. The number of esters is 1. The molecule has 8 nitrogen and oxygen atoms in total. The molecule has 1 aromatic rings. The molecule has 0 bridgehead atoms. The Hall–Kier alpha value is -1.77. The van der Waals surface area contributed by atoms with Crippen LogP contribution in [-0.4, -0.2) is 84.6 Å². The SMILES string of the molecule is COC(=O)c1cc(C)nc(N2C[C@H]3C[C@@H](N4CCOCC4)[C@H](O)C[C@H]3C2)n1. The molecule has 0 spiro atoms. The smallest absolute Gasteiger partial charge is 0.356 e. The Morgan fingerprint density at radius 2 is 1.93 bits per heavy atom. The van der Waals surface area contributed by atoms with E-state index in [1.807, 2.05) is 6.92 Å². The molecule has 3 heterocycles. The molecule has 1 N–H and O–H groups in total. The lowest BCUT2D eigenvalue weighted by Crippen LogP contribution is -2.53. The summed E-state index contributed by atoms with van der Waals surface area (Å²) in [6, 6.07) is 1.86. The van der Waals surface area contributed by atoms with Crippen molar-refractivity contribution in [3.8, 4) is 0 Å². The van der Waals surface area contributed by atoms with E-state index < -0.39 is 5.97 Å². The van der Waals surface area contributed by atoms with E-state index >= 15 is 0 Å². The predicted octanol–water partition coefficient (Wildman–Crippen LogP) is 0.480. The number of aromatic nitrogens is 2. The van der Waals surface area contributed by atoms with Crippen molar-refractivity contribution in [3.63, 3.8) is 0 Å². The van der Waals surface area contributed by atoms with Crippen LogP contribution in [0.1, 0.15) is 29.0 Å². The third-order valence-corrected chi connectivity index (χ3v) is 6.14. The molecule has 0 radical (unpaired) electrons. The van der Waals surface area contributed by atoms with Crippen LogP contribution >= 0.6 is 0 Å². The zero-order valence-electron chi connectivity index (χ0n) is 16.0. The molecule has 4 rings (SSSR count). The van der Waals surface area contributed by atoms with E-state index in [4.69, 9.17) is 9.47 Å². The maximum Gasteiger partial charge on any atom is 0.356 e. The molecular weight excluding hydrogens is 348 g/mol. The van der Waals surface area contributed by atoms with Crippen LogP contribution in [0.5, 0.6) is 0 Å². The van der Waals surface area contributed by atoms with E-state index in [0.717, 1.165) is 57.9 Å². The summed E-state index contributed by atoms with van der Waals surface area (Å²) in [6.45, 7) is 6.83. The first-order valence-corrected chi connectivity index (χ1v) is 9.74. The average molecular weight is 376 g/mol. The minimum Gasteiger partial charge on any atom is -0.464 e. The predicted molar refractivity (Wildman–Crippen MR) is 98.7 cm³/mol. The summed E-state index contributed by atoms with van der Waals surface area (Å²) in [5.74, 6) is 1.08. The van der Waals surface area contributed by atoms with Gasteiger partial charge in [-0.3, -0.25) is 4.90 Å². The van der Waals surface area contributed by atoms with Gasteiger partial charge in [0.15, 0.2) is 5.69 Å². The summed E-state index contributed by atoms with van der Waals surface area (Å²) < 4.78 is 10.3. The van der Waals surface area contributed by atoms with Gasteiger partial charge in [0.2, 0.25) is 5.95 Å². The molecule has 0 amide bonds. The molecule has 8 heteroatoms. The van der Waals surface area contributed by atoms with Crippen LogP contribution < -0.4 is 4.90 Å². The number of anilines is 1. The number of nitrogens with zero attached hydrogens (tertiary/aromatic N) is 4. The van der Waals surface area contributed by atoms with Crippen LogP contribution in [0.4, 0.5) is 5.95 Å². The number of methoxy groups -OCH3 is 1. The zero-order valence-corrected chi connectivity index (χ0v) is 16.0. The highest BCUT2D eigenvalue weighted by Gasteiger charge is 2.44. The summed E-state index contributed by atoms with van der Waals surface area (Å²) in [4.78, 5) is 25.4. The quantitative estimate of drug-likeness (QED) is 0.762. The lowest BCUT2D eigenvalue weighted by molar-refractivity contribution is -0.0520. The van der Waals surface area contributed by atoms with Gasteiger partial charge in [0.05, 0.1) is 26.4 Å². The molecule has 3 fully saturated rings. The Labute approximate surface area is 159 Å². The standard InChI is InChI=1S/C19H28N4O4/c1-12-7-15(18(25)26-2)21-19(20-12)23-10-13-8-16(17(24)9-14(13)11-23)22-3-5-27-6-4-22/h7,13-14,16-17,24H,3-6,8-11H2,1-2H3/t13-,14+,16-,17-/m1/s1. The summed E-state index contributed by atoms with van der Waals surface area (Å²) in [6.07, 6.45) is 1.49. The molecule has 27 heavy (non-hydrogen) atoms. The van der Waals surface area contributed by atoms with E-state index in [-0.39, 0.29) is 12.1 Å². The highest BCUT2D eigenvalue weighted by Crippen LogP contribution is 2.39. The van der Waals surface area contributed by atoms with Gasteiger partial charge in [-0.25, -0.2) is 14.8 Å². The second kappa shape index (κ2) is 7.69. The van der Waals surface area contributed by atoms with Crippen molar-refractivity contribution in [2.75, 3.05) is 51.4 Å². The van der Waals surface area contributed by atoms with E-state index in [0.29, 0.717) is 23.5 Å². The topological polar surface area (TPSA) is 88.0 Å². The summed E-state index contributed by atoms with van der Waals surface area (Å²) >= 11 is 0. The van der Waals surface area contributed by atoms with Gasteiger partial charge in [0.1, 0.15) is 0 Å². The number of hydrogen-bond donors (Lipinski definition) is 1. The van der Waals surface area contributed by atoms with Gasteiger partial charge < -0.3 is 19.5 Å². The minimum absolute atomic E-state index is 0.208. The van der Waals surface area contributed by atoms with Crippen molar-refractivity contribution in [2.45, 2.75) is 31.9 Å². The number of aryl methyl sites for hydroxylation is 1. The molecule has 1 aliphatic carbocycles. The molecule has 1 saturated carbocycles. The first-order valence-electron chi connectivity index (χ1n) is 9.74. The van der Waals surface area contributed by atoms with Crippen molar-refractivity contribution in [3.05, 3.63) is 17.5 Å². The fourth-order valence-corrected chi connectivity index (χ4v) is 4.78. The van der Waals surface area contributed by atoms with Crippen LogP contribution in [0.2, 0.25) is 0 Å².